The zero-order valence-corrected chi connectivity index (χ0v) is 14.9. The quantitative estimate of drug-likeness (QED) is 0.621. The van der Waals surface area contributed by atoms with Crippen molar-refractivity contribution in [2.75, 3.05) is 24.3 Å². The molecule has 26 heavy (non-hydrogen) atoms. The summed E-state index contributed by atoms with van der Waals surface area (Å²) in [6, 6.07) is 14.7. The predicted molar refractivity (Wildman–Crippen MR) is 104 cm³/mol. The largest absolute Gasteiger partial charge is 0.378 e. The lowest BCUT2D eigenvalue weighted by Crippen LogP contribution is -2.21. The van der Waals surface area contributed by atoms with Crippen LogP contribution in [0.2, 0.25) is 0 Å². The zero-order chi connectivity index (χ0) is 18.5. The second kappa shape index (κ2) is 7.82. The Hall–Kier alpha value is -3.15. The van der Waals surface area contributed by atoms with E-state index in [1.807, 2.05) is 43.3 Å². The number of nitrogens with zero attached hydrogens (tertiary/aromatic N) is 2. The maximum Gasteiger partial charge on any atom is 0.273 e. The van der Waals surface area contributed by atoms with Crippen molar-refractivity contribution < 1.29 is 9.59 Å². The van der Waals surface area contributed by atoms with Crippen molar-refractivity contribution in [3.63, 3.8) is 0 Å². The minimum absolute atomic E-state index is 0.0327. The van der Waals surface area contributed by atoms with Crippen molar-refractivity contribution in [2.24, 2.45) is 11.0 Å². The molecule has 0 aliphatic heterocycles. The summed E-state index contributed by atoms with van der Waals surface area (Å²) in [6.07, 6.45) is 3.41. The molecule has 0 saturated heterocycles. The first kappa shape index (κ1) is 17.7. The highest BCUT2D eigenvalue weighted by Crippen LogP contribution is 2.30. The first-order chi connectivity index (χ1) is 12.5. The van der Waals surface area contributed by atoms with Crippen LogP contribution in [0.4, 0.5) is 11.4 Å². The molecular formula is C20H22N4O2. The van der Waals surface area contributed by atoms with Crippen molar-refractivity contribution in [1.29, 1.82) is 0 Å². The molecule has 3 rings (SSSR count). The lowest BCUT2D eigenvalue weighted by atomic mass is 10.1. The molecule has 2 amide bonds. The van der Waals surface area contributed by atoms with Gasteiger partial charge in [0.2, 0.25) is 5.91 Å². The molecule has 0 unspecified atom stereocenters. The number of carbonyl (C=O) groups is 2. The third kappa shape index (κ3) is 4.47. The SMILES string of the molecule is CN(C)c1ccc(C=NNC(=O)c2ccccc2NC(=O)C2CC2)cc1. The summed E-state index contributed by atoms with van der Waals surface area (Å²) < 4.78 is 0. The Morgan fingerprint density at radius 1 is 1.08 bits per heavy atom. The number of hydrogen-bond acceptors (Lipinski definition) is 4. The van der Waals surface area contributed by atoms with E-state index in [-0.39, 0.29) is 17.7 Å². The summed E-state index contributed by atoms with van der Waals surface area (Å²) in [7, 11) is 3.95. The van der Waals surface area contributed by atoms with E-state index in [9.17, 15) is 9.59 Å². The first-order valence-corrected chi connectivity index (χ1v) is 8.55. The van der Waals surface area contributed by atoms with Gasteiger partial charge in [-0.2, -0.15) is 5.10 Å². The second-order valence-electron chi connectivity index (χ2n) is 6.49. The van der Waals surface area contributed by atoms with Gasteiger partial charge in [-0.15, -0.1) is 0 Å². The average Bonchev–Trinajstić information content (AvgIpc) is 3.47. The van der Waals surface area contributed by atoms with E-state index in [1.165, 1.54) is 0 Å². The molecule has 0 heterocycles. The van der Waals surface area contributed by atoms with E-state index < -0.39 is 0 Å². The van der Waals surface area contributed by atoms with Crippen molar-refractivity contribution in [2.45, 2.75) is 12.8 Å². The number of hydrogen-bond donors (Lipinski definition) is 2. The molecule has 0 radical (unpaired) electrons. The first-order valence-electron chi connectivity index (χ1n) is 8.55. The van der Waals surface area contributed by atoms with Gasteiger partial charge in [0.1, 0.15) is 0 Å². The van der Waals surface area contributed by atoms with E-state index in [4.69, 9.17) is 0 Å². The second-order valence-corrected chi connectivity index (χ2v) is 6.49. The number of amides is 2. The van der Waals surface area contributed by atoms with E-state index in [0.717, 1.165) is 24.1 Å². The number of anilines is 2. The number of para-hydroxylation sites is 1. The van der Waals surface area contributed by atoms with E-state index in [1.54, 1.807) is 30.5 Å². The molecule has 1 aliphatic carbocycles. The van der Waals surface area contributed by atoms with Crippen LogP contribution >= 0.6 is 0 Å². The minimum atomic E-state index is -0.363. The molecule has 0 spiro atoms. The highest BCUT2D eigenvalue weighted by Gasteiger charge is 2.30. The van der Waals surface area contributed by atoms with Gasteiger partial charge in [-0.05, 0) is 42.7 Å². The van der Waals surface area contributed by atoms with Gasteiger partial charge in [0.15, 0.2) is 0 Å². The highest BCUT2D eigenvalue weighted by molar-refractivity contribution is 6.04. The van der Waals surface area contributed by atoms with Crippen molar-refractivity contribution in [3.05, 3.63) is 59.7 Å². The van der Waals surface area contributed by atoms with Gasteiger partial charge >= 0.3 is 0 Å². The third-order valence-electron chi connectivity index (χ3n) is 4.17. The van der Waals surface area contributed by atoms with Crippen molar-refractivity contribution in [1.82, 2.24) is 5.43 Å². The molecule has 0 bridgehead atoms. The summed E-state index contributed by atoms with van der Waals surface area (Å²) in [6.45, 7) is 0. The molecule has 0 aromatic heterocycles. The lowest BCUT2D eigenvalue weighted by molar-refractivity contribution is -0.117. The third-order valence-corrected chi connectivity index (χ3v) is 4.17. The Bertz CT molecular complexity index is 824. The molecule has 1 aliphatic rings. The van der Waals surface area contributed by atoms with Gasteiger partial charge in [-0.3, -0.25) is 9.59 Å². The molecule has 134 valence electrons. The molecular weight excluding hydrogens is 328 g/mol. The van der Waals surface area contributed by atoms with Gasteiger partial charge in [-0.1, -0.05) is 24.3 Å². The Balaban J connectivity index is 1.63. The number of hydrazone groups is 1. The summed E-state index contributed by atoms with van der Waals surface area (Å²) >= 11 is 0. The van der Waals surface area contributed by atoms with E-state index in [2.05, 4.69) is 15.8 Å². The monoisotopic (exact) mass is 350 g/mol. The summed E-state index contributed by atoms with van der Waals surface area (Å²) in [5.74, 6) is -0.318. The highest BCUT2D eigenvalue weighted by atomic mass is 16.2. The Morgan fingerprint density at radius 3 is 2.42 bits per heavy atom. The van der Waals surface area contributed by atoms with Crippen LogP contribution in [0.15, 0.2) is 53.6 Å². The number of rotatable bonds is 6. The lowest BCUT2D eigenvalue weighted by Gasteiger charge is -2.11. The zero-order valence-electron chi connectivity index (χ0n) is 14.9. The van der Waals surface area contributed by atoms with Crippen molar-refractivity contribution >= 4 is 29.4 Å². The van der Waals surface area contributed by atoms with Gasteiger partial charge in [0, 0.05) is 25.7 Å². The molecule has 2 aromatic carbocycles. The normalized spacial score (nSPS) is 13.5. The fourth-order valence-corrected chi connectivity index (χ4v) is 2.45. The van der Waals surface area contributed by atoms with Crippen molar-refractivity contribution in [3.8, 4) is 0 Å². The average molecular weight is 350 g/mol. The van der Waals surface area contributed by atoms with Crippen LogP contribution in [0, 0.1) is 5.92 Å². The van der Waals surface area contributed by atoms with Crippen LogP contribution in [-0.4, -0.2) is 32.1 Å². The Kier molecular flexibility index (Phi) is 5.31. The van der Waals surface area contributed by atoms with Gasteiger partial charge in [0.25, 0.3) is 5.91 Å². The molecule has 1 fully saturated rings. The molecule has 6 nitrogen and oxygen atoms in total. The number of carbonyl (C=O) groups excluding carboxylic acids is 2. The topological polar surface area (TPSA) is 73.8 Å². The van der Waals surface area contributed by atoms with Gasteiger partial charge < -0.3 is 10.2 Å². The summed E-state index contributed by atoms with van der Waals surface area (Å²) in [5.41, 5.74) is 5.38. The Morgan fingerprint density at radius 2 is 1.77 bits per heavy atom. The molecule has 0 atom stereocenters. The van der Waals surface area contributed by atoms with Gasteiger partial charge in [-0.25, -0.2) is 5.43 Å². The smallest absolute Gasteiger partial charge is 0.273 e. The van der Waals surface area contributed by atoms with Crippen LogP contribution < -0.4 is 15.6 Å². The van der Waals surface area contributed by atoms with E-state index >= 15 is 0 Å². The fourth-order valence-electron chi connectivity index (χ4n) is 2.45. The van der Waals surface area contributed by atoms with Crippen LogP contribution in [0.25, 0.3) is 0 Å². The predicted octanol–water partition coefficient (Wildman–Crippen LogP) is 2.87. The van der Waals surface area contributed by atoms with E-state index in [0.29, 0.717) is 11.3 Å². The molecule has 1 saturated carbocycles. The molecule has 6 heteroatoms. The van der Waals surface area contributed by atoms with Crippen LogP contribution in [-0.2, 0) is 4.79 Å². The summed E-state index contributed by atoms with van der Waals surface area (Å²) in [5, 5.41) is 6.83. The minimum Gasteiger partial charge on any atom is -0.378 e. The Labute approximate surface area is 152 Å². The maximum atomic E-state index is 12.4. The molecule has 2 N–H and O–H groups in total. The maximum absolute atomic E-state index is 12.4. The van der Waals surface area contributed by atoms with Crippen LogP contribution in [0.5, 0.6) is 0 Å². The number of benzene rings is 2. The molecule has 2 aromatic rings. The van der Waals surface area contributed by atoms with Crippen LogP contribution in [0.3, 0.4) is 0 Å². The fraction of sp³-hybridized carbons (Fsp3) is 0.250. The summed E-state index contributed by atoms with van der Waals surface area (Å²) in [4.78, 5) is 26.3. The van der Waals surface area contributed by atoms with Gasteiger partial charge in [0.05, 0.1) is 17.5 Å². The standard InChI is InChI=1S/C20H22N4O2/c1-24(2)16-11-7-14(8-12-16)13-21-23-20(26)17-5-3-4-6-18(17)22-19(25)15-9-10-15/h3-8,11-13,15H,9-10H2,1-2H3,(H,22,25)(H,23,26). The van der Waals surface area contributed by atoms with Crippen LogP contribution in [0.1, 0.15) is 28.8 Å². The number of nitrogens with one attached hydrogen (secondary N) is 2.